The zero-order chi connectivity index (χ0) is 23.1. The molecule has 1 nitrogen and oxygen atoms in total. The second-order valence-corrected chi connectivity index (χ2v) is 10.6. The van der Waals surface area contributed by atoms with Crippen LogP contribution in [-0.2, 0) is 10.8 Å². The maximum atomic E-state index is 3.73. The Kier molecular flexibility index (Phi) is 5.37. The van der Waals surface area contributed by atoms with Crippen molar-refractivity contribution in [2.45, 2.75) is 51.4 Å². The molecule has 166 valence electrons. The van der Waals surface area contributed by atoms with Gasteiger partial charge in [0.25, 0.3) is 0 Å². The standard InChI is InChI=1S/C32H33N/c1-31(2)20-21-32(3,4)29-22-26(18-19-28(29)31)33-30-13-9-8-12-27(30)25-16-14-24(15-17-25)23-10-6-5-7-11-23/h5-19,22,33H,20-21H2,1-4H3. The Balaban J connectivity index is 1.47. The van der Waals surface area contributed by atoms with Gasteiger partial charge in [0, 0.05) is 16.9 Å². The third-order valence-electron chi connectivity index (χ3n) is 7.36. The second-order valence-electron chi connectivity index (χ2n) is 10.6. The molecule has 1 N–H and O–H groups in total. The third-order valence-corrected chi connectivity index (χ3v) is 7.36. The quantitative estimate of drug-likeness (QED) is 0.340. The summed E-state index contributed by atoms with van der Waals surface area (Å²) in [4.78, 5) is 0. The Hall–Kier alpha value is -3.32. The molecule has 1 aliphatic carbocycles. The average molecular weight is 432 g/mol. The van der Waals surface area contributed by atoms with E-state index in [2.05, 4.69) is 130 Å². The van der Waals surface area contributed by atoms with Crippen molar-refractivity contribution in [1.82, 2.24) is 0 Å². The summed E-state index contributed by atoms with van der Waals surface area (Å²) in [6.45, 7) is 9.52. The lowest BCUT2D eigenvalue weighted by Crippen LogP contribution is -2.33. The summed E-state index contributed by atoms with van der Waals surface area (Å²) in [5, 5.41) is 3.73. The van der Waals surface area contributed by atoms with Crippen LogP contribution in [-0.4, -0.2) is 0 Å². The second kappa shape index (κ2) is 8.23. The highest BCUT2D eigenvalue weighted by atomic mass is 14.9. The van der Waals surface area contributed by atoms with Crippen LogP contribution in [0.2, 0.25) is 0 Å². The van der Waals surface area contributed by atoms with Gasteiger partial charge in [0.05, 0.1) is 0 Å². The fraction of sp³-hybridized carbons (Fsp3) is 0.250. The van der Waals surface area contributed by atoms with E-state index in [0.29, 0.717) is 0 Å². The van der Waals surface area contributed by atoms with Gasteiger partial charge in [-0.05, 0) is 69.7 Å². The first-order valence-corrected chi connectivity index (χ1v) is 12.0. The van der Waals surface area contributed by atoms with Crippen LogP contribution in [0.15, 0.2) is 97.1 Å². The Morgan fingerprint density at radius 1 is 0.545 bits per heavy atom. The molecule has 0 aromatic heterocycles. The molecule has 0 unspecified atom stereocenters. The molecule has 0 aliphatic heterocycles. The predicted molar refractivity (Wildman–Crippen MR) is 142 cm³/mol. The van der Waals surface area contributed by atoms with Crippen LogP contribution in [0.3, 0.4) is 0 Å². The van der Waals surface area contributed by atoms with Gasteiger partial charge in [0.2, 0.25) is 0 Å². The number of anilines is 2. The molecule has 0 saturated heterocycles. The zero-order valence-corrected chi connectivity index (χ0v) is 20.2. The van der Waals surface area contributed by atoms with E-state index in [4.69, 9.17) is 0 Å². The Morgan fingerprint density at radius 2 is 1.12 bits per heavy atom. The zero-order valence-electron chi connectivity index (χ0n) is 20.2. The molecule has 0 heterocycles. The topological polar surface area (TPSA) is 12.0 Å². The van der Waals surface area contributed by atoms with Crippen LogP contribution in [0.1, 0.15) is 51.7 Å². The van der Waals surface area contributed by atoms with Gasteiger partial charge in [-0.25, -0.2) is 0 Å². The van der Waals surface area contributed by atoms with Crippen LogP contribution in [0.5, 0.6) is 0 Å². The van der Waals surface area contributed by atoms with Crippen molar-refractivity contribution in [2.24, 2.45) is 0 Å². The highest BCUT2D eigenvalue weighted by Gasteiger charge is 2.36. The van der Waals surface area contributed by atoms with Gasteiger partial charge in [-0.3, -0.25) is 0 Å². The SMILES string of the molecule is CC1(C)CCC(C)(C)c2cc(Nc3ccccc3-c3ccc(-c4ccccc4)cc3)ccc21. The lowest BCUT2D eigenvalue weighted by molar-refractivity contribution is 0.332. The van der Waals surface area contributed by atoms with Crippen molar-refractivity contribution in [3.05, 3.63) is 108 Å². The molecule has 0 spiro atoms. The molecule has 4 aromatic rings. The normalized spacial score (nSPS) is 16.1. The molecule has 33 heavy (non-hydrogen) atoms. The van der Waals surface area contributed by atoms with Crippen molar-refractivity contribution in [3.63, 3.8) is 0 Å². The van der Waals surface area contributed by atoms with E-state index >= 15 is 0 Å². The van der Waals surface area contributed by atoms with Crippen molar-refractivity contribution in [2.75, 3.05) is 5.32 Å². The minimum Gasteiger partial charge on any atom is -0.355 e. The number of para-hydroxylation sites is 1. The lowest BCUT2D eigenvalue weighted by atomic mass is 9.63. The number of rotatable bonds is 4. The summed E-state index contributed by atoms with van der Waals surface area (Å²) in [7, 11) is 0. The summed E-state index contributed by atoms with van der Waals surface area (Å²) >= 11 is 0. The van der Waals surface area contributed by atoms with Crippen LogP contribution in [0.4, 0.5) is 11.4 Å². The molecule has 5 rings (SSSR count). The molecular formula is C32H33N. The van der Waals surface area contributed by atoms with Crippen LogP contribution < -0.4 is 5.32 Å². The minimum absolute atomic E-state index is 0.204. The van der Waals surface area contributed by atoms with Crippen molar-refractivity contribution in [1.29, 1.82) is 0 Å². The van der Waals surface area contributed by atoms with Crippen molar-refractivity contribution in [3.8, 4) is 22.3 Å². The van der Waals surface area contributed by atoms with Gasteiger partial charge < -0.3 is 5.32 Å². The van der Waals surface area contributed by atoms with Gasteiger partial charge in [-0.2, -0.15) is 0 Å². The Labute approximate surface area is 198 Å². The maximum absolute atomic E-state index is 3.73. The summed E-state index contributed by atoms with van der Waals surface area (Å²) < 4.78 is 0. The van der Waals surface area contributed by atoms with E-state index in [1.807, 2.05) is 0 Å². The predicted octanol–water partition coefficient (Wildman–Crippen LogP) is 9.11. The fourth-order valence-corrected chi connectivity index (χ4v) is 5.14. The van der Waals surface area contributed by atoms with E-state index in [0.717, 1.165) is 11.4 Å². The first-order chi connectivity index (χ1) is 15.8. The molecule has 1 heteroatoms. The highest BCUT2D eigenvalue weighted by Crippen LogP contribution is 2.46. The molecule has 0 fully saturated rings. The Morgan fingerprint density at radius 3 is 1.85 bits per heavy atom. The van der Waals surface area contributed by atoms with Crippen molar-refractivity contribution < 1.29 is 0 Å². The van der Waals surface area contributed by atoms with E-state index in [9.17, 15) is 0 Å². The fourth-order valence-electron chi connectivity index (χ4n) is 5.14. The number of hydrogen-bond donors (Lipinski definition) is 1. The van der Waals surface area contributed by atoms with Gasteiger partial charge in [-0.15, -0.1) is 0 Å². The Bertz CT molecular complexity index is 1260. The third kappa shape index (κ3) is 4.20. The lowest BCUT2D eigenvalue weighted by Gasteiger charge is -2.42. The van der Waals surface area contributed by atoms with E-state index in [-0.39, 0.29) is 10.8 Å². The van der Waals surface area contributed by atoms with E-state index in [1.54, 1.807) is 0 Å². The number of fused-ring (bicyclic) bond motifs is 1. The summed E-state index contributed by atoms with van der Waals surface area (Å²) in [5.74, 6) is 0. The first-order valence-electron chi connectivity index (χ1n) is 12.0. The molecular weight excluding hydrogens is 398 g/mol. The number of nitrogens with one attached hydrogen (secondary N) is 1. The smallest absolute Gasteiger partial charge is 0.0463 e. The van der Waals surface area contributed by atoms with E-state index < -0.39 is 0 Å². The minimum atomic E-state index is 0.204. The van der Waals surface area contributed by atoms with Crippen LogP contribution in [0, 0.1) is 0 Å². The molecule has 0 radical (unpaired) electrons. The number of benzene rings is 4. The van der Waals surface area contributed by atoms with Crippen LogP contribution >= 0.6 is 0 Å². The van der Waals surface area contributed by atoms with Gasteiger partial charge in [0.1, 0.15) is 0 Å². The summed E-state index contributed by atoms with van der Waals surface area (Å²) in [6.07, 6.45) is 2.46. The van der Waals surface area contributed by atoms with E-state index in [1.165, 1.54) is 46.2 Å². The summed E-state index contributed by atoms with van der Waals surface area (Å²) in [6, 6.07) is 35.0. The molecule has 0 amide bonds. The molecule has 4 aromatic carbocycles. The highest BCUT2D eigenvalue weighted by molar-refractivity contribution is 5.82. The molecule has 1 aliphatic rings. The monoisotopic (exact) mass is 431 g/mol. The largest absolute Gasteiger partial charge is 0.355 e. The van der Waals surface area contributed by atoms with Gasteiger partial charge in [-0.1, -0.05) is 107 Å². The molecule has 0 bridgehead atoms. The van der Waals surface area contributed by atoms with Gasteiger partial charge >= 0.3 is 0 Å². The maximum Gasteiger partial charge on any atom is 0.0463 e. The number of hydrogen-bond acceptors (Lipinski definition) is 1. The van der Waals surface area contributed by atoms with Crippen LogP contribution in [0.25, 0.3) is 22.3 Å². The first kappa shape index (κ1) is 21.5. The summed E-state index contributed by atoms with van der Waals surface area (Å²) in [5.41, 5.74) is 10.6. The molecule has 0 saturated carbocycles. The average Bonchev–Trinajstić information content (AvgIpc) is 2.83. The van der Waals surface area contributed by atoms with Crippen molar-refractivity contribution >= 4 is 11.4 Å². The molecule has 0 atom stereocenters. The van der Waals surface area contributed by atoms with Gasteiger partial charge in [0.15, 0.2) is 0 Å².